The number of hydrogen-bond donors (Lipinski definition) is 3. The van der Waals surface area contributed by atoms with Crippen molar-refractivity contribution in [1.82, 2.24) is 19.7 Å². The Hall–Kier alpha value is -1.79. The fraction of sp³-hybridized carbons (Fsp3) is 0.538. The zero-order valence-electron chi connectivity index (χ0n) is 12.6. The molecule has 0 spiro atoms. The maximum atomic E-state index is 11.3. The Morgan fingerprint density at radius 3 is 2.88 bits per heavy atom. The third kappa shape index (κ3) is 2.96. The van der Waals surface area contributed by atoms with Crippen LogP contribution in [-0.4, -0.2) is 78.8 Å². The number of thioether (sulfide) groups is 1. The van der Waals surface area contributed by atoms with Gasteiger partial charge in [-0.2, -0.15) is 5.10 Å². The normalized spacial score (nSPS) is 26.8. The smallest absolute Gasteiger partial charge is 0.316 e. The highest BCUT2D eigenvalue weighted by Gasteiger charge is 2.44. The SMILES string of the molecule is COC(=O)CSc1ncnc2c1cnn2C1O[C@H](CO)[C@@H](O)[C@H]1O. The van der Waals surface area contributed by atoms with Crippen LogP contribution in [-0.2, 0) is 14.3 Å². The average molecular weight is 356 g/mol. The van der Waals surface area contributed by atoms with Crippen molar-refractivity contribution in [2.24, 2.45) is 0 Å². The second-order valence-electron chi connectivity index (χ2n) is 5.10. The number of carbonyl (C=O) groups is 1. The molecule has 0 radical (unpaired) electrons. The molecule has 24 heavy (non-hydrogen) atoms. The highest BCUT2D eigenvalue weighted by molar-refractivity contribution is 8.00. The number of aliphatic hydroxyl groups excluding tert-OH is 3. The van der Waals surface area contributed by atoms with E-state index in [1.165, 1.54) is 36.1 Å². The first-order chi connectivity index (χ1) is 11.6. The van der Waals surface area contributed by atoms with E-state index in [1.807, 2.05) is 0 Å². The second-order valence-corrected chi connectivity index (χ2v) is 6.06. The van der Waals surface area contributed by atoms with Crippen molar-refractivity contribution >= 4 is 28.8 Å². The number of fused-ring (bicyclic) bond motifs is 1. The molecule has 0 aliphatic carbocycles. The third-order valence-corrected chi connectivity index (χ3v) is 4.65. The van der Waals surface area contributed by atoms with E-state index in [-0.39, 0.29) is 11.7 Å². The number of hydrogen-bond acceptors (Lipinski definition) is 10. The van der Waals surface area contributed by atoms with Crippen molar-refractivity contribution in [2.75, 3.05) is 19.5 Å². The molecular formula is C13H16N4O6S. The van der Waals surface area contributed by atoms with E-state index < -0.39 is 31.1 Å². The van der Waals surface area contributed by atoms with Gasteiger partial charge < -0.3 is 24.8 Å². The van der Waals surface area contributed by atoms with Gasteiger partial charge in [0, 0.05) is 0 Å². The summed E-state index contributed by atoms with van der Waals surface area (Å²) in [6.07, 6.45) is -1.58. The summed E-state index contributed by atoms with van der Waals surface area (Å²) >= 11 is 1.17. The first-order valence-electron chi connectivity index (χ1n) is 7.07. The molecule has 0 amide bonds. The second kappa shape index (κ2) is 6.99. The highest BCUT2D eigenvalue weighted by atomic mass is 32.2. The van der Waals surface area contributed by atoms with E-state index in [4.69, 9.17) is 4.74 Å². The van der Waals surface area contributed by atoms with E-state index in [2.05, 4.69) is 19.8 Å². The van der Waals surface area contributed by atoms with Gasteiger partial charge in [-0.1, -0.05) is 11.8 Å². The van der Waals surface area contributed by atoms with Gasteiger partial charge in [-0.3, -0.25) is 4.79 Å². The van der Waals surface area contributed by atoms with E-state index in [1.54, 1.807) is 0 Å². The van der Waals surface area contributed by atoms with Crippen LogP contribution in [0.25, 0.3) is 11.0 Å². The molecule has 10 nitrogen and oxygen atoms in total. The van der Waals surface area contributed by atoms with E-state index in [0.29, 0.717) is 16.1 Å². The molecule has 1 fully saturated rings. The first-order valence-corrected chi connectivity index (χ1v) is 8.05. The molecule has 0 saturated carbocycles. The molecule has 1 saturated heterocycles. The van der Waals surface area contributed by atoms with Gasteiger partial charge in [0.2, 0.25) is 0 Å². The van der Waals surface area contributed by atoms with Crippen LogP contribution in [0.2, 0.25) is 0 Å². The van der Waals surface area contributed by atoms with Crippen LogP contribution in [0.3, 0.4) is 0 Å². The molecule has 1 unspecified atom stereocenters. The number of carbonyl (C=O) groups excluding carboxylic acids is 1. The van der Waals surface area contributed by atoms with Gasteiger partial charge in [-0.25, -0.2) is 14.6 Å². The number of aromatic nitrogens is 4. The summed E-state index contributed by atoms with van der Waals surface area (Å²) < 4.78 is 11.4. The van der Waals surface area contributed by atoms with Gasteiger partial charge in [0.15, 0.2) is 11.9 Å². The van der Waals surface area contributed by atoms with Gasteiger partial charge in [-0.05, 0) is 0 Å². The van der Waals surface area contributed by atoms with Crippen LogP contribution in [0.4, 0.5) is 0 Å². The molecule has 3 heterocycles. The van der Waals surface area contributed by atoms with Gasteiger partial charge >= 0.3 is 5.97 Å². The lowest BCUT2D eigenvalue weighted by atomic mass is 10.1. The van der Waals surface area contributed by atoms with Crippen molar-refractivity contribution in [3.05, 3.63) is 12.5 Å². The Bertz CT molecular complexity index is 740. The molecule has 3 rings (SSSR count). The Morgan fingerprint density at radius 2 is 2.21 bits per heavy atom. The van der Waals surface area contributed by atoms with Gasteiger partial charge in [0.25, 0.3) is 0 Å². The molecule has 2 aromatic rings. The summed E-state index contributed by atoms with van der Waals surface area (Å²) in [6.45, 7) is -0.427. The van der Waals surface area contributed by atoms with Crippen LogP contribution in [0, 0.1) is 0 Å². The summed E-state index contributed by atoms with van der Waals surface area (Å²) in [5, 5.41) is 34.4. The summed E-state index contributed by atoms with van der Waals surface area (Å²) in [6, 6.07) is 0. The molecule has 4 atom stereocenters. The summed E-state index contributed by atoms with van der Waals surface area (Å²) in [7, 11) is 1.30. The fourth-order valence-corrected chi connectivity index (χ4v) is 3.20. The maximum Gasteiger partial charge on any atom is 0.316 e. The fourth-order valence-electron chi connectivity index (χ4n) is 2.41. The minimum absolute atomic E-state index is 0.0850. The molecular weight excluding hydrogens is 340 g/mol. The van der Waals surface area contributed by atoms with Crippen molar-refractivity contribution < 1.29 is 29.6 Å². The molecule has 0 aromatic carbocycles. The highest BCUT2D eigenvalue weighted by Crippen LogP contribution is 2.32. The van der Waals surface area contributed by atoms with Crippen molar-refractivity contribution in [3.63, 3.8) is 0 Å². The zero-order valence-corrected chi connectivity index (χ0v) is 13.5. The Balaban J connectivity index is 1.90. The van der Waals surface area contributed by atoms with Crippen LogP contribution < -0.4 is 0 Å². The number of methoxy groups -OCH3 is 1. The molecule has 11 heteroatoms. The lowest BCUT2D eigenvalue weighted by Crippen LogP contribution is -2.33. The van der Waals surface area contributed by atoms with E-state index in [0.717, 1.165) is 0 Å². The quantitative estimate of drug-likeness (QED) is 0.336. The van der Waals surface area contributed by atoms with E-state index in [9.17, 15) is 20.1 Å². The zero-order chi connectivity index (χ0) is 17.3. The summed E-state index contributed by atoms with van der Waals surface area (Å²) in [4.78, 5) is 19.5. The van der Waals surface area contributed by atoms with Crippen molar-refractivity contribution in [2.45, 2.75) is 29.6 Å². The van der Waals surface area contributed by atoms with E-state index >= 15 is 0 Å². The van der Waals surface area contributed by atoms with Gasteiger partial charge in [-0.15, -0.1) is 0 Å². The third-order valence-electron chi connectivity index (χ3n) is 3.67. The lowest BCUT2D eigenvalue weighted by Gasteiger charge is -2.15. The minimum Gasteiger partial charge on any atom is -0.468 e. The lowest BCUT2D eigenvalue weighted by molar-refractivity contribution is -0.137. The predicted molar refractivity (Wildman–Crippen MR) is 81.1 cm³/mol. The Morgan fingerprint density at radius 1 is 1.42 bits per heavy atom. The molecule has 130 valence electrons. The van der Waals surface area contributed by atoms with Crippen molar-refractivity contribution in [1.29, 1.82) is 0 Å². The number of ether oxygens (including phenoxy) is 2. The topological polar surface area (TPSA) is 140 Å². The number of esters is 1. The average Bonchev–Trinajstić information content (AvgIpc) is 3.15. The Labute approximate surface area is 140 Å². The number of nitrogens with zero attached hydrogens (tertiary/aromatic N) is 4. The predicted octanol–water partition coefficient (Wildman–Crippen LogP) is -1.30. The molecule has 0 bridgehead atoms. The summed E-state index contributed by atoms with van der Waals surface area (Å²) in [5.74, 6) is -0.302. The van der Waals surface area contributed by atoms with Gasteiger partial charge in [0.1, 0.15) is 29.7 Å². The monoisotopic (exact) mass is 356 g/mol. The molecule has 1 aliphatic heterocycles. The molecule has 1 aliphatic rings. The number of rotatable bonds is 5. The minimum atomic E-state index is -1.26. The summed E-state index contributed by atoms with van der Waals surface area (Å²) in [5.41, 5.74) is 0.382. The number of aliphatic hydroxyl groups is 3. The molecule has 2 aromatic heterocycles. The van der Waals surface area contributed by atoms with Crippen LogP contribution >= 0.6 is 11.8 Å². The standard InChI is InChI=1S/C13H16N4O6S/c1-22-8(19)4-24-12-6-2-16-17(11(6)14-5-15-12)13-10(21)9(20)7(3-18)23-13/h2,5,7,9-10,13,18,20-21H,3-4H2,1H3/t7-,9-,10-,13?/m1/s1. The van der Waals surface area contributed by atoms with Gasteiger partial charge in [0.05, 0.1) is 31.1 Å². The first kappa shape index (κ1) is 17.0. The van der Waals surface area contributed by atoms with Crippen LogP contribution in [0.1, 0.15) is 6.23 Å². The maximum absolute atomic E-state index is 11.3. The Kier molecular flexibility index (Phi) is 4.96. The van der Waals surface area contributed by atoms with Crippen LogP contribution in [0.15, 0.2) is 17.6 Å². The molecule has 3 N–H and O–H groups in total. The largest absolute Gasteiger partial charge is 0.468 e. The van der Waals surface area contributed by atoms with Crippen molar-refractivity contribution in [3.8, 4) is 0 Å². The van der Waals surface area contributed by atoms with Crippen LogP contribution in [0.5, 0.6) is 0 Å².